The molecule has 1 aromatic heterocycles. The number of aryl methyl sites for hydroxylation is 1. The predicted molar refractivity (Wildman–Crippen MR) is 95.5 cm³/mol. The molecule has 0 spiro atoms. The van der Waals surface area contributed by atoms with Crippen LogP contribution in [0, 0.1) is 12.7 Å². The van der Waals surface area contributed by atoms with Gasteiger partial charge in [0.05, 0.1) is 17.9 Å². The molecule has 3 rings (SSSR count). The quantitative estimate of drug-likeness (QED) is 0.890. The molecular weight excluding hydrogens is 323 g/mol. The van der Waals surface area contributed by atoms with E-state index in [4.69, 9.17) is 4.74 Å². The lowest BCUT2D eigenvalue weighted by Crippen LogP contribution is -2.45. The molecule has 7 heteroatoms. The fourth-order valence-corrected chi connectivity index (χ4v) is 3.14. The molecule has 2 aromatic rings. The first-order chi connectivity index (χ1) is 11.9. The third-order valence-electron chi connectivity index (χ3n) is 4.10. The van der Waals surface area contributed by atoms with Gasteiger partial charge in [0.1, 0.15) is 5.82 Å². The normalized spacial score (nSPS) is 20.6. The Morgan fingerprint density at radius 1 is 1.32 bits per heavy atom. The van der Waals surface area contributed by atoms with Crippen molar-refractivity contribution >= 4 is 11.6 Å². The van der Waals surface area contributed by atoms with Gasteiger partial charge in [0.15, 0.2) is 0 Å². The highest BCUT2D eigenvalue weighted by molar-refractivity contribution is 5.50. The molecule has 2 atom stereocenters. The van der Waals surface area contributed by atoms with Crippen molar-refractivity contribution in [1.29, 1.82) is 0 Å². The maximum atomic E-state index is 14.6. The summed E-state index contributed by atoms with van der Waals surface area (Å²) in [7, 11) is 0. The van der Waals surface area contributed by atoms with E-state index in [1.807, 2.05) is 24.8 Å². The number of nitrogens with one attached hydrogen (secondary N) is 2. The number of aromatic amines is 1. The van der Waals surface area contributed by atoms with Gasteiger partial charge in [-0.2, -0.15) is 0 Å². The third kappa shape index (κ3) is 4.36. The summed E-state index contributed by atoms with van der Waals surface area (Å²) in [6.07, 6.45) is 0.155. The maximum Gasteiger partial charge on any atom is 0.252 e. The number of nitrogens with zero attached hydrogens (tertiary/aromatic N) is 2. The summed E-state index contributed by atoms with van der Waals surface area (Å²) in [6.45, 7) is 7.46. The highest BCUT2D eigenvalue weighted by Gasteiger charge is 2.24. The van der Waals surface area contributed by atoms with E-state index in [-0.39, 0.29) is 23.6 Å². The highest BCUT2D eigenvalue weighted by Crippen LogP contribution is 2.24. The van der Waals surface area contributed by atoms with Gasteiger partial charge in [0.25, 0.3) is 5.56 Å². The first kappa shape index (κ1) is 17.4. The minimum Gasteiger partial charge on any atom is -0.372 e. The van der Waals surface area contributed by atoms with Gasteiger partial charge in [-0.15, -0.1) is 0 Å². The summed E-state index contributed by atoms with van der Waals surface area (Å²) < 4.78 is 20.3. The molecule has 0 bridgehead atoms. The summed E-state index contributed by atoms with van der Waals surface area (Å²) in [5.74, 6) is 0.122. The predicted octanol–water partition coefficient (Wildman–Crippen LogP) is 2.44. The Morgan fingerprint density at radius 3 is 2.68 bits per heavy atom. The van der Waals surface area contributed by atoms with Crippen LogP contribution in [0.1, 0.15) is 25.1 Å². The van der Waals surface area contributed by atoms with Crippen LogP contribution in [0.2, 0.25) is 0 Å². The van der Waals surface area contributed by atoms with Gasteiger partial charge >= 0.3 is 0 Å². The number of aromatic nitrogens is 2. The van der Waals surface area contributed by atoms with Gasteiger partial charge in [-0.1, -0.05) is 6.07 Å². The van der Waals surface area contributed by atoms with E-state index < -0.39 is 0 Å². The second-order valence-electron chi connectivity index (χ2n) is 6.54. The molecule has 2 heterocycles. The van der Waals surface area contributed by atoms with Crippen molar-refractivity contribution in [2.75, 3.05) is 23.3 Å². The Hall–Kier alpha value is -2.41. The number of hydrogen-bond donors (Lipinski definition) is 2. The lowest BCUT2D eigenvalue weighted by Gasteiger charge is -2.37. The van der Waals surface area contributed by atoms with Crippen molar-refractivity contribution in [3.8, 4) is 0 Å². The molecule has 2 unspecified atom stereocenters. The molecule has 0 aliphatic carbocycles. The number of morpholine rings is 1. The van der Waals surface area contributed by atoms with Crippen LogP contribution in [0.5, 0.6) is 0 Å². The second kappa shape index (κ2) is 7.23. The van der Waals surface area contributed by atoms with Gasteiger partial charge in [-0.05, 0) is 38.5 Å². The van der Waals surface area contributed by atoms with E-state index in [1.165, 1.54) is 12.1 Å². The number of rotatable bonds is 4. The average Bonchev–Trinajstić information content (AvgIpc) is 2.51. The molecule has 1 aliphatic heterocycles. The number of H-pyrrole nitrogens is 1. The number of benzene rings is 1. The van der Waals surface area contributed by atoms with Crippen LogP contribution in [-0.4, -0.2) is 35.3 Å². The molecule has 1 saturated heterocycles. The van der Waals surface area contributed by atoms with E-state index in [9.17, 15) is 9.18 Å². The number of halogens is 1. The van der Waals surface area contributed by atoms with Crippen LogP contribution in [0.3, 0.4) is 0 Å². The molecule has 6 nitrogen and oxygen atoms in total. The van der Waals surface area contributed by atoms with Crippen LogP contribution in [0.4, 0.5) is 16.0 Å². The highest BCUT2D eigenvalue weighted by atomic mass is 19.1. The fourth-order valence-electron chi connectivity index (χ4n) is 3.14. The van der Waals surface area contributed by atoms with E-state index in [0.29, 0.717) is 37.0 Å². The number of ether oxygens (including phenoxy) is 1. The van der Waals surface area contributed by atoms with E-state index >= 15 is 0 Å². The molecule has 1 fully saturated rings. The molecule has 0 saturated carbocycles. The average molecular weight is 346 g/mol. The minimum atomic E-state index is -0.258. The number of anilines is 2. The van der Waals surface area contributed by atoms with Gasteiger partial charge in [-0.25, -0.2) is 9.37 Å². The SMILES string of the molecule is Cc1cc(=O)[nH]c(NCc2ccc(N3CC(C)OC(C)C3)c(F)c2)n1. The number of hydrogen-bond acceptors (Lipinski definition) is 5. The zero-order chi connectivity index (χ0) is 18.0. The standard InChI is InChI=1S/C18H23FN4O2/c1-11-6-17(24)22-18(21-11)20-8-14-4-5-16(15(19)7-14)23-9-12(2)25-13(3)10-23/h4-7,12-13H,8-10H2,1-3H3,(H2,20,21,22,24). The summed E-state index contributed by atoms with van der Waals surface area (Å²) >= 11 is 0. The maximum absolute atomic E-state index is 14.6. The first-order valence-corrected chi connectivity index (χ1v) is 8.41. The van der Waals surface area contributed by atoms with Crippen molar-refractivity contribution in [2.45, 2.75) is 39.5 Å². The smallest absolute Gasteiger partial charge is 0.252 e. The topological polar surface area (TPSA) is 70.2 Å². The summed E-state index contributed by atoms with van der Waals surface area (Å²) in [5.41, 5.74) is 1.78. The van der Waals surface area contributed by atoms with E-state index in [2.05, 4.69) is 15.3 Å². The zero-order valence-corrected chi connectivity index (χ0v) is 14.7. The van der Waals surface area contributed by atoms with Crippen LogP contribution in [0.25, 0.3) is 0 Å². The lowest BCUT2D eigenvalue weighted by atomic mass is 10.1. The Morgan fingerprint density at radius 2 is 2.04 bits per heavy atom. The van der Waals surface area contributed by atoms with Gasteiger partial charge in [0.2, 0.25) is 5.95 Å². The molecule has 0 radical (unpaired) electrons. The zero-order valence-electron chi connectivity index (χ0n) is 14.7. The molecule has 2 N–H and O–H groups in total. The van der Waals surface area contributed by atoms with Crippen molar-refractivity contribution in [2.24, 2.45) is 0 Å². The Kier molecular flexibility index (Phi) is 5.03. The summed E-state index contributed by atoms with van der Waals surface area (Å²) in [5, 5.41) is 3.02. The van der Waals surface area contributed by atoms with Crippen molar-refractivity contribution in [3.63, 3.8) is 0 Å². The van der Waals surface area contributed by atoms with Crippen molar-refractivity contribution < 1.29 is 9.13 Å². The third-order valence-corrected chi connectivity index (χ3v) is 4.10. The van der Waals surface area contributed by atoms with Gasteiger partial charge in [-0.3, -0.25) is 9.78 Å². The largest absolute Gasteiger partial charge is 0.372 e. The molecular formula is C18H23FN4O2. The van der Waals surface area contributed by atoms with Crippen LogP contribution >= 0.6 is 0 Å². The van der Waals surface area contributed by atoms with E-state index in [0.717, 1.165) is 5.56 Å². The molecule has 1 aromatic carbocycles. The van der Waals surface area contributed by atoms with Crippen LogP contribution in [-0.2, 0) is 11.3 Å². The molecule has 134 valence electrons. The Balaban J connectivity index is 1.70. The lowest BCUT2D eigenvalue weighted by molar-refractivity contribution is -0.00539. The van der Waals surface area contributed by atoms with Crippen molar-refractivity contribution in [3.05, 3.63) is 51.7 Å². The molecule has 25 heavy (non-hydrogen) atoms. The molecule has 0 amide bonds. The molecule has 1 aliphatic rings. The second-order valence-corrected chi connectivity index (χ2v) is 6.54. The first-order valence-electron chi connectivity index (χ1n) is 8.41. The summed E-state index contributed by atoms with van der Waals surface area (Å²) in [6, 6.07) is 6.61. The van der Waals surface area contributed by atoms with E-state index in [1.54, 1.807) is 13.0 Å². The van der Waals surface area contributed by atoms with Gasteiger partial charge < -0.3 is 15.0 Å². The van der Waals surface area contributed by atoms with Crippen molar-refractivity contribution in [1.82, 2.24) is 9.97 Å². The van der Waals surface area contributed by atoms with Crippen LogP contribution < -0.4 is 15.8 Å². The van der Waals surface area contributed by atoms with Crippen LogP contribution in [0.15, 0.2) is 29.1 Å². The monoisotopic (exact) mass is 346 g/mol. The fraction of sp³-hybridized carbons (Fsp3) is 0.444. The summed E-state index contributed by atoms with van der Waals surface area (Å²) in [4.78, 5) is 20.3. The van der Waals surface area contributed by atoms with Gasteiger partial charge in [0, 0.05) is 31.4 Å². The Labute approximate surface area is 146 Å². The Bertz CT molecular complexity index is 798. The minimum absolute atomic E-state index is 0.0775.